The molecule has 2 rings (SSSR count). The molecule has 0 radical (unpaired) electrons. The Kier molecular flexibility index (Phi) is 6.27. The van der Waals surface area contributed by atoms with Crippen LogP contribution in [0.5, 0.6) is 0 Å². The Morgan fingerprint density at radius 2 is 2.00 bits per heavy atom. The van der Waals surface area contributed by atoms with Gasteiger partial charge in [-0.1, -0.05) is 13.8 Å². The van der Waals surface area contributed by atoms with Crippen molar-refractivity contribution in [1.29, 1.82) is 0 Å². The zero-order valence-corrected chi connectivity index (χ0v) is 15.1. The molecule has 134 valence electrons. The first kappa shape index (κ1) is 18.5. The third kappa shape index (κ3) is 5.06. The third-order valence-corrected chi connectivity index (χ3v) is 6.57. The third-order valence-electron chi connectivity index (χ3n) is 4.82. The molecule has 1 N–H and O–H groups in total. The van der Waals surface area contributed by atoms with Gasteiger partial charge in [0.05, 0.1) is 24.7 Å². The molecule has 2 aliphatic heterocycles. The second kappa shape index (κ2) is 7.81. The molecule has 2 heterocycles. The molecule has 0 aromatic carbocycles. The number of urea groups is 1. The van der Waals surface area contributed by atoms with E-state index in [0.717, 1.165) is 26.3 Å². The second-order valence-electron chi connectivity index (χ2n) is 6.81. The molecule has 7 nitrogen and oxygen atoms in total. The molecule has 0 aromatic heterocycles. The summed E-state index contributed by atoms with van der Waals surface area (Å²) >= 11 is 0. The smallest absolute Gasteiger partial charge is 0.317 e. The van der Waals surface area contributed by atoms with Crippen LogP contribution < -0.4 is 5.32 Å². The van der Waals surface area contributed by atoms with Gasteiger partial charge in [-0.2, -0.15) is 0 Å². The van der Waals surface area contributed by atoms with E-state index in [4.69, 9.17) is 4.74 Å². The summed E-state index contributed by atoms with van der Waals surface area (Å²) in [6.45, 7) is 8.11. The van der Waals surface area contributed by atoms with Crippen molar-refractivity contribution in [1.82, 2.24) is 15.1 Å². The molecule has 0 aliphatic carbocycles. The van der Waals surface area contributed by atoms with E-state index in [9.17, 15) is 13.2 Å². The van der Waals surface area contributed by atoms with Gasteiger partial charge in [-0.3, -0.25) is 4.90 Å². The molecular weight excluding hydrogens is 318 g/mol. The number of sulfone groups is 1. The van der Waals surface area contributed by atoms with Crippen LogP contribution in [0.2, 0.25) is 0 Å². The lowest BCUT2D eigenvalue weighted by atomic mass is 10.0. The van der Waals surface area contributed by atoms with Crippen LogP contribution in [0.25, 0.3) is 0 Å². The monoisotopic (exact) mass is 347 g/mol. The summed E-state index contributed by atoms with van der Waals surface area (Å²) in [6, 6.07) is -0.129. The van der Waals surface area contributed by atoms with Crippen molar-refractivity contribution >= 4 is 15.9 Å². The van der Waals surface area contributed by atoms with E-state index in [1.807, 2.05) is 0 Å². The predicted octanol–water partition coefficient (Wildman–Crippen LogP) is 0.172. The minimum Gasteiger partial charge on any atom is -0.379 e. The fraction of sp³-hybridized carbons (Fsp3) is 0.933. The number of hydrogen-bond donors (Lipinski definition) is 1. The van der Waals surface area contributed by atoms with Gasteiger partial charge in [0.2, 0.25) is 0 Å². The maximum Gasteiger partial charge on any atom is 0.317 e. The van der Waals surface area contributed by atoms with Crippen LogP contribution in [0.3, 0.4) is 0 Å². The number of carbonyl (C=O) groups excluding carboxylic acids is 1. The molecule has 2 aliphatic rings. The van der Waals surface area contributed by atoms with Crippen LogP contribution in [0.4, 0.5) is 4.79 Å². The van der Waals surface area contributed by atoms with Gasteiger partial charge in [0, 0.05) is 38.8 Å². The quantitative estimate of drug-likeness (QED) is 0.767. The largest absolute Gasteiger partial charge is 0.379 e. The van der Waals surface area contributed by atoms with Crippen molar-refractivity contribution in [2.45, 2.75) is 32.4 Å². The normalized spacial score (nSPS) is 26.2. The summed E-state index contributed by atoms with van der Waals surface area (Å²) in [5, 5.41) is 2.98. The van der Waals surface area contributed by atoms with Crippen molar-refractivity contribution in [3.63, 3.8) is 0 Å². The second-order valence-corrected chi connectivity index (χ2v) is 9.04. The fourth-order valence-corrected chi connectivity index (χ4v) is 5.03. The molecule has 0 saturated carbocycles. The van der Waals surface area contributed by atoms with Gasteiger partial charge >= 0.3 is 6.03 Å². The minimum absolute atomic E-state index is 0.0774. The number of ether oxygens (including phenoxy) is 1. The van der Waals surface area contributed by atoms with Gasteiger partial charge in [0.25, 0.3) is 0 Å². The maximum absolute atomic E-state index is 12.3. The van der Waals surface area contributed by atoms with Gasteiger partial charge in [0.1, 0.15) is 0 Å². The Labute approximate surface area is 139 Å². The van der Waals surface area contributed by atoms with E-state index in [-0.39, 0.29) is 29.6 Å². The SMILES string of the molecule is CC(C)C(CNC(=O)N(C)C1CCS(=O)(=O)C1)N1CCOCC1. The Morgan fingerprint density at radius 3 is 2.52 bits per heavy atom. The topological polar surface area (TPSA) is 79.0 Å². The van der Waals surface area contributed by atoms with Crippen LogP contribution >= 0.6 is 0 Å². The predicted molar refractivity (Wildman–Crippen MR) is 89.2 cm³/mol. The van der Waals surface area contributed by atoms with Gasteiger partial charge in [0.15, 0.2) is 9.84 Å². The number of morpholine rings is 1. The average molecular weight is 347 g/mol. The van der Waals surface area contributed by atoms with E-state index >= 15 is 0 Å². The highest BCUT2D eigenvalue weighted by molar-refractivity contribution is 7.91. The van der Waals surface area contributed by atoms with E-state index in [1.165, 1.54) is 0 Å². The van der Waals surface area contributed by atoms with Crippen LogP contribution in [0.1, 0.15) is 20.3 Å². The molecule has 8 heteroatoms. The standard InChI is InChI=1S/C15H29N3O4S/c1-12(2)14(18-5-7-22-8-6-18)10-16-15(19)17(3)13-4-9-23(20,21)11-13/h12-14H,4-11H2,1-3H3,(H,16,19). The Bertz CT molecular complexity index is 503. The molecule has 2 atom stereocenters. The number of rotatable bonds is 5. The van der Waals surface area contributed by atoms with Crippen LogP contribution in [0, 0.1) is 5.92 Å². The highest BCUT2D eigenvalue weighted by Gasteiger charge is 2.33. The summed E-state index contributed by atoms with van der Waals surface area (Å²) < 4.78 is 28.5. The number of carbonyl (C=O) groups is 1. The molecule has 0 bridgehead atoms. The minimum atomic E-state index is -2.98. The zero-order chi connectivity index (χ0) is 17.0. The van der Waals surface area contributed by atoms with Gasteiger partial charge in [-0.25, -0.2) is 13.2 Å². The molecule has 2 saturated heterocycles. The molecule has 0 aromatic rings. The average Bonchev–Trinajstić information content (AvgIpc) is 2.87. The fourth-order valence-electron chi connectivity index (χ4n) is 3.26. The Hall–Kier alpha value is -0.860. The lowest BCUT2D eigenvalue weighted by molar-refractivity contribution is 0.00693. The Morgan fingerprint density at radius 1 is 1.35 bits per heavy atom. The lowest BCUT2D eigenvalue weighted by Gasteiger charge is -2.37. The van der Waals surface area contributed by atoms with Crippen molar-refractivity contribution < 1.29 is 17.9 Å². The first-order chi connectivity index (χ1) is 10.8. The molecule has 2 fully saturated rings. The maximum atomic E-state index is 12.3. The first-order valence-electron chi connectivity index (χ1n) is 8.33. The highest BCUT2D eigenvalue weighted by atomic mass is 32.2. The summed E-state index contributed by atoms with van der Waals surface area (Å²) in [4.78, 5) is 16.2. The van der Waals surface area contributed by atoms with Crippen LogP contribution in [-0.2, 0) is 14.6 Å². The summed E-state index contributed by atoms with van der Waals surface area (Å²) in [7, 11) is -1.30. The van der Waals surface area contributed by atoms with Crippen molar-refractivity contribution in [2.75, 3.05) is 51.4 Å². The summed E-state index contributed by atoms with van der Waals surface area (Å²) in [5.41, 5.74) is 0. The molecule has 23 heavy (non-hydrogen) atoms. The van der Waals surface area contributed by atoms with Crippen molar-refractivity contribution in [3.8, 4) is 0 Å². The number of hydrogen-bond acceptors (Lipinski definition) is 5. The van der Waals surface area contributed by atoms with Crippen LogP contribution in [0.15, 0.2) is 0 Å². The van der Waals surface area contributed by atoms with Gasteiger partial charge in [-0.05, 0) is 12.3 Å². The molecule has 2 unspecified atom stereocenters. The summed E-state index contributed by atoms with van der Waals surface area (Å²) in [6.07, 6.45) is 0.531. The summed E-state index contributed by atoms with van der Waals surface area (Å²) in [5.74, 6) is 0.677. The van der Waals surface area contributed by atoms with Crippen molar-refractivity contribution in [2.24, 2.45) is 5.92 Å². The first-order valence-corrected chi connectivity index (χ1v) is 10.1. The van der Waals surface area contributed by atoms with Gasteiger partial charge in [-0.15, -0.1) is 0 Å². The Balaban J connectivity index is 1.86. The van der Waals surface area contributed by atoms with E-state index in [1.54, 1.807) is 11.9 Å². The molecule has 2 amide bonds. The zero-order valence-electron chi connectivity index (χ0n) is 14.3. The lowest BCUT2D eigenvalue weighted by Crippen LogP contribution is -2.53. The van der Waals surface area contributed by atoms with E-state index < -0.39 is 9.84 Å². The highest BCUT2D eigenvalue weighted by Crippen LogP contribution is 2.17. The molecular formula is C15H29N3O4S. The van der Waals surface area contributed by atoms with Crippen LogP contribution in [-0.4, -0.2) is 87.7 Å². The number of nitrogens with one attached hydrogen (secondary N) is 1. The van der Waals surface area contributed by atoms with Crippen molar-refractivity contribution in [3.05, 3.63) is 0 Å². The molecule has 0 spiro atoms. The number of amides is 2. The number of nitrogens with zero attached hydrogens (tertiary/aromatic N) is 2. The van der Waals surface area contributed by atoms with E-state index in [2.05, 4.69) is 24.1 Å². The van der Waals surface area contributed by atoms with E-state index in [0.29, 0.717) is 18.9 Å². The van der Waals surface area contributed by atoms with Gasteiger partial charge < -0.3 is 15.0 Å².